The molecular weight excluding hydrogens is 256 g/mol. The maximum absolute atomic E-state index is 2.65. The van der Waals surface area contributed by atoms with E-state index in [1.165, 1.54) is 76.8 Å². The Morgan fingerprint density at radius 1 is 0.762 bits per heavy atom. The van der Waals surface area contributed by atoms with Gasteiger partial charge < -0.3 is 4.90 Å². The second-order valence-corrected chi connectivity index (χ2v) is 6.37. The molecule has 21 heavy (non-hydrogen) atoms. The van der Waals surface area contributed by atoms with E-state index in [-0.39, 0.29) is 0 Å². The highest BCUT2D eigenvalue weighted by atomic mass is 15.3. The molecule has 0 aliphatic carbocycles. The van der Waals surface area contributed by atoms with Gasteiger partial charge in [0.15, 0.2) is 0 Å². The van der Waals surface area contributed by atoms with Crippen molar-refractivity contribution >= 4 is 0 Å². The smallest absolute Gasteiger partial charge is 0.0234 e. The minimum atomic E-state index is 1.12. The van der Waals surface area contributed by atoms with Crippen LogP contribution >= 0.6 is 0 Å². The lowest BCUT2D eigenvalue weighted by atomic mass is 10.1. The largest absolute Gasteiger partial charge is 0.301 e. The van der Waals surface area contributed by atoms with Gasteiger partial charge in [-0.25, -0.2) is 0 Å². The van der Waals surface area contributed by atoms with Crippen LogP contribution in [0.1, 0.15) is 51.0 Å². The third kappa shape index (κ3) is 6.62. The van der Waals surface area contributed by atoms with Crippen LogP contribution in [0, 0.1) is 0 Å². The third-order valence-electron chi connectivity index (χ3n) is 4.54. The monoisotopic (exact) mass is 288 g/mol. The Hall–Kier alpha value is -0.860. The Labute approximate surface area is 131 Å². The Balaban J connectivity index is 1.54. The first kappa shape index (κ1) is 16.5. The first-order valence-corrected chi connectivity index (χ1v) is 8.87. The van der Waals surface area contributed by atoms with Crippen molar-refractivity contribution in [2.75, 3.05) is 32.7 Å². The fraction of sp³-hybridized carbons (Fsp3) is 0.684. The average Bonchev–Trinajstić information content (AvgIpc) is 2.53. The molecule has 1 aromatic rings. The van der Waals surface area contributed by atoms with Crippen molar-refractivity contribution in [2.45, 2.75) is 52.0 Å². The maximum atomic E-state index is 2.65. The van der Waals surface area contributed by atoms with Crippen LogP contribution in [0.3, 0.4) is 0 Å². The van der Waals surface area contributed by atoms with Gasteiger partial charge in [-0.1, -0.05) is 69.4 Å². The first-order chi connectivity index (χ1) is 10.4. The Morgan fingerprint density at radius 3 is 2.10 bits per heavy atom. The zero-order valence-electron chi connectivity index (χ0n) is 13.8. The van der Waals surface area contributed by atoms with Crippen LogP contribution in [0.4, 0.5) is 0 Å². The highest BCUT2D eigenvalue weighted by molar-refractivity contribution is 5.14. The predicted octanol–water partition coefficient (Wildman–Crippen LogP) is 4.16. The van der Waals surface area contributed by atoms with Crippen molar-refractivity contribution in [2.24, 2.45) is 0 Å². The van der Waals surface area contributed by atoms with Gasteiger partial charge >= 0.3 is 0 Å². The molecule has 1 saturated heterocycles. The van der Waals surface area contributed by atoms with Crippen LogP contribution in [-0.2, 0) is 6.54 Å². The second-order valence-electron chi connectivity index (χ2n) is 6.37. The van der Waals surface area contributed by atoms with E-state index in [1.807, 2.05) is 0 Å². The second kappa shape index (κ2) is 9.97. The average molecular weight is 288 g/mol. The zero-order chi connectivity index (χ0) is 14.8. The number of piperazine rings is 1. The van der Waals surface area contributed by atoms with E-state index in [2.05, 4.69) is 47.1 Å². The van der Waals surface area contributed by atoms with E-state index in [0.29, 0.717) is 0 Å². The number of rotatable bonds is 9. The molecular formula is C19H32N2. The highest BCUT2D eigenvalue weighted by Gasteiger charge is 2.16. The summed E-state index contributed by atoms with van der Waals surface area (Å²) >= 11 is 0. The summed E-state index contributed by atoms with van der Waals surface area (Å²) in [6, 6.07) is 10.9. The van der Waals surface area contributed by atoms with E-state index >= 15 is 0 Å². The first-order valence-electron chi connectivity index (χ1n) is 8.87. The van der Waals surface area contributed by atoms with Gasteiger partial charge in [0.2, 0.25) is 0 Å². The normalized spacial score (nSPS) is 17.2. The van der Waals surface area contributed by atoms with Crippen LogP contribution in [-0.4, -0.2) is 42.5 Å². The van der Waals surface area contributed by atoms with Gasteiger partial charge in [0.25, 0.3) is 0 Å². The molecule has 0 unspecified atom stereocenters. The number of hydrogen-bond acceptors (Lipinski definition) is 2. The number of benzene rings is 1. The summed E-state index contributed by atoms with van der Waals surface area (Å²) in [6.45, 7) is 9.67. The number of nitrogens with zero attached hydrogens (tertiary/aromatic N) is 2. The summed E-state index contributed by atoms with van der Waals surface area (Å²) in [5, 5.41) is 0. The molecule has 1 aliphatic rings. The molecule has 0 bridgehead atoms. The lowest BCUT2D eigenvalue weighted by Crippen LogP contribution is -2.46. The SMILES string of the molecule is CCCCCCCCN1CCN(Cc2ccccc2)CC1. The summed E-state index contributed by atoms with van der Waals surface area (Å²) in [5.41, 5.74) is 1.45. The molecule has 2 nitrogen and oxygen atoms in total. The zero-order valence-corrected chi connectivity index (χ0v) is 13.8. The van der Waals surface area contributed by atoms with Gasteiger partial charge in [-0.15, -0.1) is 0 Å². The summed E-state index contributed by atoms with van der Waals surface area (Å²) in [7, 11) is 0. The van der Waals surface area contributed by atoms with Crippen molar-refractivity contribution in [3.8, 4) is 0 Å². The van der Waals surface area contributed by atoms with Gasteiger partial charge in [0.1, 0.15) is 0 Å². The molecule has 1 fully saturated rings. The van der Waals surface area contributed by atoms with Crippen LogP contribution in [0.2, 0.25) is 0 Å². The van der Waals surface area contributed by atoms with E-state index in [1.54, 1.807) is 0 Å². The molecule has 2 heteroatoms. The van der Waals surface area contributed by atoms with Crippen molar-refractivity contribution in [3.63, 3.8) is 0 Å². The Morgan fingerprint density at radius 2 is 1.38 bits per heavy atom. The fourth-order valence-corrected chi connectivity index (χ4v) is 3.13. The number of hydrogen-bond donors (Lipinski definition) is 0. The lowest BCUT2D eigenvalue weighted by Gasteiger charge is -2.34. The molecule has 1 aliphatic heterocycles. The molecule has 0 amide bonds. The topological polar surface area (TPSA) is 6.48 Å². The van der Waals surface area contributed by atoms with E-state index < -0.39 is 0 Å². The summed E-state index contributed by atoms with van der Waals surface area (Å²) in [6.07, 6.45) is 8.44. The summed E-state index contributed by atoms with van der Waals surface area (Å²) in [4.78, 5) is 5.24. The summed E-state index contributed by atoms with van der Waals surface area (Å²) < 4.78 is 0. The minimum absolute atomic E-state index is 1.12. The summed E-state index contributed by atoms with van der Waals surface area (Å²) in [5.74, 6) is 0. The van der Waals surface area contributed by atoms with Crippen molar-refractivity contribution in [1.82, 2.24) is 9.80 Å². The third-order valence-corrected chi connectivity index (χ3v) is 4.54. The van der Waals surface area contributed by atoms with E-state index in [4.69, 9.17) is 0 Å². The van der Waals surface area contributed by atoms with Gasteiger partial charge in [-0.2, -0.15) is 0 Å². The quantitative estimate of drug-likeness (QED) is 0.629. The van der Waals surface area contributed by atoms with Gasteiger partial charge in [-0.3, -0.25) is 4.90 Å². The van der Waals surface area contributed by atoms with Crippen molar-refractivity contribution < 1.29 is 0 Å². The van der Waals surface area contributed by atoms with Gasteiger partial charge in [0.05, 0.1) is 0 Å². The molecule has 118 valence electrons. The van der Waals surface area contributed by atoms with Crippen LogP contribution < -0.4 is 0 Å². The standard InChI is InChI=1S/C19H32N2/c1-2-3-4-5-6-10-13-20-14-16-21(17-15-20)18-19-11-8-7-9-12-19/h7-9,11-12H,2-6,10,13-18H2,1H3. The lowest BCUT2D eigenvalue weighted by molar-refractivity contribution is 0.125. The molecule has 1 heterocycles. The van der Waals surface area contributed by atoms with Crippen molar-refractivity contribution in [3.05, 3.63) is 35.9 Å². The van der Waals surface area contributed by atoms with Gasteiger partial charge in [0, 0.05) is 32.7 Å². The minimum Gasteiger partial charge on any atom is -0.301 e. The van der Waals surface area contributed by atoms with Crippen LogP contribution in [0.5, 0.6) is 0 Å². The molecule has 0 N–H and O–H groups in total. The van der Waals surface area contributed by atoms with E-state index in [0.717, 1.165) is 6.54 Å². The number of unbranched alkanes of at least 4 members (excludes halogenated alkanes) is 5. The van der Waals surface area contributed by atoms with E-state index in [9.17, 15) is 0 Å². The Kier molecular flexibility index (Phi) is 7.83. The Bertz CT molecular complexity index is 355. The molecule has 0 saturated carbocycles. The fourth-order valence-electron chi connectivity index (χ4n) is 3.13. The molecule has 1 aromatic carbocycles. The van der Waals surface area contributed by atoms with Crippen molar-refractivity contribution in [1.29, 1.82) is 0 Å². The van der Waals surface area contributed by atoms with Gasteiger partial charge in [-0.05, 0) is 18.5 Å². The molecule has 0 atom stereocenters. The molecule has 0 radical (unpaired) electrons. The van der Waals surface area contributed by atoms with Crippen LogP contribution in [0.15, 0.2) is 30.3 Å². The highest BCUT2D eigenvalue weighted by Crippen LogP contribution is 2.10. The van der Waals surface area contributed by atoms with Crippen LogP contribution in [0.25, 0.3) is 0 Å². The molecule has 2 rings (SSSR count). The molecule has 0 spiro atoms. The predicted molar refractivity (Wildman–Crippen MR) is 91.5 cm³/mol. The maximum Gasteiger partial charge on any atom is 0.0234 e. The molecule has 0 aromatic heterocycles.